The van der Waals surface area contributed by atoms with E-state index in [4.69, 9.17) is 11.1 Å². The van der Waals surface area contributed by atoms with Crippen LogP contribution in [0.2, 0.25) is 0 Å². The summed E-state index contributed by atoms with van der Waals surface area (Å²) in [5, 5.41) is 17.7. The molecule has 4 atom stereocenters. The van der Waals surface area contributed by atoms with Gasteiger partial charge in [0.2, 0.25) is 0 Å². The summed E-state index contributed by atoms with van der Waals surface area (Å²) in [7, 11) is 0. The van der Waals surface area contributed by atoms with Crippen molar-refractivity contribution in [1.29, 1.82) is 5.41 Å². The highest BCUT2D eigenvalue weighted by Gasteiger charge is 2.43. The SMILES string of the molecule is N=C(N)CC(c1ccccc1)N1CC2CCC(O)C2C1. The van der Waals surface area contributed by atoms with Crippen LogP contribution in [0.3, 0.4) is 0 Å². The van der Waals surface area contributed by atoms with Crippen molar-refractivity contribution in [3.05, 3.63) is 35.9 Å². The Kier molecular flexibility index (Phi) is 3.76. The van der Waals surface area contributed by atoms with Crippen molar-refractivity contribution in [2.75, 3.05) is 13.1 Å². The van der Waals surface area contributed by atoms with Crippen molar-refractivity contribution >= 4 is 5.84 Å². The van der Waals surface area contributed by atoms with Crippen LogP contribution in [0.1, 0.15) is 30.9 Å². The molecule has 1 saturated carbocycles. The molecule has 0 bridgehead atoms. The van der Waals surface area contributed by atoms with E-state index in [2.05, 4.69) is 17.0 Å². The molecule has 0 radical (unpaired) electrons. The van der Waals surface area contributed by atoms with Gasteiger partial charge in [-0.25, -0.2) is 0 Å². The number of hydrogen-bond acceptors (Lipinski definition) is 3. The summed E-state index contributed by atoms with van der Waals surface area (Å²) < 4.78 is 0. The molecule has 0 aromatic heterocycles. The minimum atomic E-state index is -0.140. The Hall–Kier alpha value is -1.39. The first kappa shape index (κ1) is 13.6. The molecular formula is C16H23N3O. The van der Waals surface area contributed by atoms with Gasteiger partial charge in [0, 0.05) is 31.5 Å². The zero-order valence-electron chi connectivity index (χ0n) is 11.7. The number of rotatable bonds is 4. The summed E-state index contributed by atoms with van der Waals surface area (Å²) >= 11 is 0. The van der Waals surface area contributed by atoms with Gasteiger partial charge in [-0.1, -0.05) is 30.3 Å². The molecule has 0 amide bonds. The summed E-state index contributed by atoms with van der Waals surface area (Å²) in [6, 6.07) is 10.5. The first-order valence-electron chi connectivity index (χ1n) is 7.45. The molecule has 4 nitrogen and oxygen atoms in total. The van der Waals surface area contributed by atoms with Crippen LogP contribution < -0.4 is 5.73 Å². The number of nitrogens with two attached hydrogens (primary N) is 1. The van der Waals surface area contributed by atoms with Crippen molar-refractivity contribution in [3.8, 4) is 0 Å². The molecule has 2 fully saturated rings. The molecule has 4 unspecified atom stereocenters. The predicted molar refractivity (Wildman–Crippen MR) is 79.5 cm³/mol. The molecule has 1 aromatic rings. The Balaban J connectivity index is 1.79. The molecule has 1 aromatic carbocycles. The number of nitrogens with one attached hydrogen (secondary N) is 1. The monoisotopic (exact) mass is 273 g/mol. The highest BCUT2D eigenvalue weighted by Crippen LogP contribution is 2.41. The third kappa shape index (κ3) is 2.58. The number of aliphatic hydroxyl groups excluding tert-OH is 1. The number of aliphatic hydroxyl groups is 1. The number of benzene rings is 1. The molecule has 4 N–H and O–H groups in total. The van der Waals surface area contributed by atoms with Crippen molar-refractivity contribution in [3.63, 3.8) is 0 Å². The lowest BCUT2D eigenvalue weighted by Crippen LogP contribution is -2.32. The lowest BCUT2D eigenvalue weighted by molar-refractivity contribution is 0.118. The number of amidine groups is 1. The van der Waals surface area contributed by atoms with E-state index < -0.39 is 0 Å². The molecule has 3 rings (SSSR count). The zero-order chi connectivity index (χ0) is 14.1. The first-order chi connectivity index (χ1) is 9.65. The maximum absolute atomic E-state index is 10.1. The van der Waals surface area contributed by atoms with Gasteiger partial charge in [0.05, 0.1) is 11.9 Å². The van der Waals surface area contributed by atoms with Crippen molar-refractivity contribution in [2.45, 2.75) is 31.4 Å². The van der Waals surface area contributed by atoms with E-state index in [1.807, 2.05) is 18.2 Å². The summed E-state index contributed by atoms with van der Waals surface area (Å²) in [4.78, 5) is 2.41. The summed E-state index contributed by atoms with van der Waals surface area (Å²) in [5.41, 5.74) is 6.87. The summed E-state index contributed by atoms with van der Waals surface area (Å²) in [6.45, 7) is 1.95. The zero-order valence-corrected chi connectivity index (χ0v) is 11.7. The van der Waals surface area contributed by atoms with E-state index in [0.29, 0.717) is 18.3 Å². The molecule has 1 aliphatic heterocycles. The van der Waals surface area contributed by atoms with Gasteiger partial charge < -0.3 is 10.8 Å². The Morgan fingerprint density at radius 3 is 2.70 bits per heavy atom. The first-order valence-corrected chi connectivity index (χ1v) is 7.45. The van der Waals surface area contributed by atoms with Gasteiger partial charge in [-0.2, -0.15) is 0 Å². The van der Waals surface area contributed by atoms with Gasteiger partial charge in [-0.15, -0.1) is 0 Å². The van der Waals surface area contributed by atoms with Crippen molar-refractivity contribution in [2.24, 2.45) is 17.6 Å². The lowest BCUT2D eigenvalue weighted by Gasteiger charge is -2.29. The normalized spacial score (nSPS) is 31.1. The molecular weight excluding hydrogens is 250 g/mol. The maximum Gasteiger partial charge on any atom is 0.0924 e. The molecule has 4 heteroatoms. The fourth-order valence-electron chi connectivity index (χ4n) is 3.87. The quantitative estimate of drug-likeness (QED) is 0.578. The van der Waals surface area contributed by atoms with Crippen LogP contribution in [0.5, 0.6) is 0 Å². The van der Waals surface area contributed by atoms with E-state index in [9.17, 15) is 5.11 Å². The average Bonchev–Trinajstić information content (AvgIpc) is 3.00. The van der Waals surface area contributed by atoms with Gasteiger partial charge in [0.1, 0.15) is 0 Å². The third-order valence-corrected chi connectivity index (χ3v) is 4.89. The molecule has 0 spiro atoms. The average molecular weight is 273 g/mol. The minimum absolute atomic E-state index is 0.140. The fourth-order valence-corrected chi connectivity index (χ4v) is 3.87. The number of nitrogens with zero attached hydrogens (tertiary/aromatic N) is 1. The van der Waals surface area contributed by atoms with Crippen molar-refractivity contribution in [1.82, 2.24) is 4.90 Å². The highest BCUT2D eigenvalue weighted by molar-refractivity contribution is 5.77. The molecule has 20 heavy (non-hydrogen) atoms. The molecule has 1 saturated heterocycles. The Labute approximate surface area is 120 Å². The predicted octanol–water partition coefficient (Wildman–Crippen LogP) is 1.76. The van der Waals surface area contributed by atoms with Gasteiger partial charge in [-0.05, 0) is 24.3 Å². The van der Waals surface area contributed by atoms with E-state index in [-0.39, 0.29) is 18.0 Å². The fraction of sp³-hybridized carbons (Fsp3) is 0.562. The second-order valence-corrected chi connectivity index (χ2v) is 6.18. The van der Waals surface area contributed by atoms with Gasteiger partial charge >= 0.3 is 0 Å². The standard InChI is InChI=1S/C16H23N3O/c17-16(18)8-14(11-4-2-1-3-5-11)19-9-12-6-7-15(20)13(12)10-19/h1-5,12-15,20H,6-10H2,(H3,17,18). The van der Waals surface area contributed by atoms with Crippen LogP contribution >= 0.6 is 0 Å². The molecule has 108 valence electrons. The van der Waals surface area contributed by atoms with E-state index in [1.165, 1.54) is 5.56 Å². The second kappa shape index (κ2) is 5.54. The smallest absolute Gasteiger partial charge is 0.0924 e. The Bertz CT molecular complexity index is 476. The van der Waals surface area contributed by atoms with Crippen LogP contribution in [-0.4, -0.2) is 35.0 Å². The number of likely N-dealkylation sites (tertiary alicyclic amines) is 1. The van der Waals surface area contributed by atoms with Gasteiger partial charge in [0.25, 0.3) is 0 Å². The van der Waals surface area contributed by atoms with Crippen LogP contribution in [0, 0.1) is 17.2 Å². The van der Waals surface area contributed by atoms with Crippen LogP contribution in [-0.2, 0) is 0 Å². The van der Waals surface area contributed by atoms with Crippen LogP contribution in [0.15, 0.2) is 30.3 Å². The maximum atomic E-state index is 10.1. The van der Waals surface area contributed by atoms with E-state index >= 15 is 0 Å². The lowest BCUT2D eigenvalue weighted by atomic mass is 9.99. The Morgan fingerprint density at radius 1 is 1.30 bits per heavy atom. The van der Waals surface area contributed by atoms with E-state index in [0.717, 1.165) is 25.9 Å². The topological polar surface area (TPSA) is 73.3 Å². The largest absolute Gasteiger partial charge is 0.393 e. The third-order valence-electron chi connectivity index (χ3n) is 4.89. The molecule has 2 aliphatic rings. The highest BCUT2D eigenvalue weighted by atomic mass is 16.3. The molecule has 1 heterocycles. The summed E-state index contributed by atoms with van der Waals surface area (Å²) in [5.74, 6) is 1.26. The van der Waals surface area contributed by atoms with E-state index in [1.54, 1.807) is 0 Å². The van der Waals surface area contributed by atoms with Crippen molar-refractivity contribution < 1.29 is 5.11 Å². The van der Waals surface area contributed by atoms with Gasteiger partial charge in [-0.3, -0.25) is 10.3 Å². The van der Waals surface area contributed by atoms with Gasteiger partial charge in [0.15, 0.2) is 0 Å². The second-order valence-electron chi connectivity index (χ2n) is 6.18. The number of hydrogen-bond donors (Lipinski definition) is 3. The Morgan fingerprint density at radius 2 is 2.05 bits per heavy atom. The van der Waals surface area contributed by atoms with Crippen LogP contribution in [0.4, 0.5) is 0 Å². The summed E-state index contributed by atoms with van der Waals surface area (Å²) in [6.07, 6.45) is 2.51. The minimum Gasteiger partial charge on any atom is -0.393 e. The number of fused-ring (bicyclic) bond motifs is 1. The van der Waals surface area contributed by atoms with Crippen LogP contribution in [0.25, 0.3) is 0 Å². The molecule has 1 aliphatic carbocycles.